The Hall–Kier alpha value is -0.710. The molecule has 1 aliphatic heterocycles. The van der Waals surface area contributed by atoms with Crippen LogP contribution in [-0.2, 0) is 9.59 Å². The van der Waals surface area contributed by atoms with Gasteiger partial charge < -0.3 is 10.0 Å². The monoisotopic (exact) mass is 257 g/mol. The van der Waals surface area contributed by atoms with Crippen molar-refractivity contribution < 1.29 is 14.7 Å². The van der Waals surface area contributed by atoms with E-state index in [-0.39, 0.29) is 12.3 Å². The highest BCUT2D eigenvalue weighted by Crippen LogP contribution is 2.44. The molecule has 2 aliphatic rings. The third-order valence-corrected chi connectivity index (χ3v) is 4.98. The Kier molecular flexibility index (Phi) is 3.66. The van der Waals surface area contributed by atoms with Gasteiger partial charge in [-0.3, -0.25) is 9.59 Å². The number of carbonyl (C=O) groups is 2. The van der Waals surface area contributed by atoms with E-state index >= 15 is 0 Å². The largest absolute Gasteiger partial charge is 0.481 e. The van der Waals surface area contributed by atoms with Crippen LogP contribution >= 0.6 is 11.8 Å². The highest BCUT2D eigenvalue weighted by atomic mass is 32.2. The summed E-state index contributed by atoms with van der Waals surface area (Å²) < 4.78 is 0. The normalized spacial score (nSPS) is 27.4. The van der Waals surface area contributed by atoms with Crippen molar-refractivity contribution in [2.45, 2.75) is 37.9 Å². The first-order valence-corrected chi connectivity index (χ1v) is 7.21. The van der Waals surface area contributed by atoms with Crippen LogP contribution in [-0.4, -0.2) is 46.0 Å². The Balaban J connectivity index is 1.94. The zero-order valence-electron chi connectivity index (χ0n) is 10.1. The quantitative estimate of drug-likeness (QED) is 0.834. The Morgan fingerprint density at radius 3 is 2.65 bits per heavy atom. The Morgan fingerprint density at radius 2 is 2.18 bits per heavy atom. The van der Waals surface area contributed by atoms with Crippen molar-refractivity contribution in [2.75, 3.05) is 18.8 Å². The predicted octanol–water partition coefficient (Wildman–Crippen LogP) is 1.60. The van der Waals surface area contributed by atoms with Gasteiger partial charge in [-0.2, -0.15) is 11.8 Å². The van der Waals surface area contributed by atoms with Crippen LogP contribution in [0.25, 0.3) is 0 Å². The van der Waals surface area contributed by atoms with Gasteiger partial charge in [0.15, 0.2) is 0 Å². The van der Waals surface area contributed by atoms with E-state index in [4.69, 9.17) is 0 Å². The molecule has 17 heavy (non-hydrogen) atoms. The second-order valence-corrected chi connectivity index (χ2v) is 6.68. The number of carboxylic acid groups (broad SMARTS) is 1. The molecule has 5 heteroatoms. The first-order chi connectivity index (χ1) is 8.03. The number of aliphatic carboxylic acids is 1. The van der Waals surface area contributed by atoms with E-state index in [0.717, 1.165) is 25.3 Å². The SMILES string of the molecule is CC1CN(C(=O)CC2(C(=O)O)CCC2)CCS1. The van der Waals surface area contributed by atoms with Gasteiger partial charge >= 0.3 is 5.97 Å². The Labute approximate surface area is 106 Å². The van der Waals surface area contributed by atoms with Crippen LogP contribution in [0, 0.1) is 5.41 Å². The van der Waals surface area contributed by atoms with Gasteiger partial charge in [0.1, 0.15) is 0 Å². The van der Waals surface area contributed by atoms with Crippen molar-refractivity contribution in [3.05, 3.63) is 0 Å². The molecule has 2 rings (SSSR count). The van der Waals surface area contributed by atoms with Crippen LogP contribution in [0.3, 0.4) is 0 Å². The summed E-state index contributed by atoms with van der Waals surface area (Å²) >= 11 is 1.87. The van der Waals surface area contributed by atoms with Crippen LogP contribution in [0.1, 0.15) is 32.6 Å². The molecule has 1 saturated carbocycles. The summed E-state index contributed by atoms with van der Waals surface area (Å²) in [6, 6.07) is 0. The summed E-state index contributed by atoms with van der Waals surface area (Å²) in [4.78, 5) is 25.2. The molecule has 0 radical (unpaired) electrons. The summed E-state index contributed by atoms with van der Waals surface area (Å²) in [6.45, 7) is 3.64. The number of carbonyl (C=O) groups excluding carboxylic acids is 1. The van der Waals surface area contributed by atoms with E-state index in [0.29, 0.717) is 18.1 Å². The molecule has 1 heterocycles. The van der Waals surface area contributed by atoms with Crippen LogP contribution in [0.5, 0.6) is 0 Å². The van der Waals surface area contributed by atoms with Gasteiger partial charge in [-0.1, -0.05) is 13.3 Å². The van der Waals surface area contributed by atoms with Gasteiger partial charge in [-0.05, 0) is 12.8 Å². The lowest BCUT2D eigenvalue weighted by atomic mass is 9.66. The minimum atomic E-state index is -0.795. The molecule has 4 nitrogen and oxygen atoms in total. The number of rotatable bonds is 3. The van der Waals surface area contributed by atoms with Crippen molar-refractivity contribution in [2.24, 2.45) is 5.41 Å². The third kappa shape index (κ3) is 2.59. The maximum Gasteiger partial charge on any atom is 0.310 e. The van der Waals surface area contributed by atoms with Gasteiger partial charge in [0.05, 0.1) is 5.41 Å². The average Bonchev–Trinajstić information content (AvgIpc) is 2.22. The molecule has 1 unspecified atom stereocenters. The molecule has 0 aromatic carbocycles. The zero-order chi connectivity index (χ0) is 12.5. The second kappa shape index (κ2) is 4.88. The highest BCUT2D eigenvalue weighted by molar-refractivity contribution is 7.99. The maximum atomic E-state index is 12.1. The fraction of sp³-hybridized carbons (Fsp3) is 0.833. The molecule has 0 aromatic rings. The van der Waals surface area contributed by atoms with Crippen LogP contribution in [0.2, 0.25) is 0 Å². The molecule has 96 valence electrons. The number of carboxylic acids is 1. The Bertz CT molecular complexity index is 328. The topological polar surface area (TPSA) is 57.6 Å². The molecular weight excluding hydrogens is 238 g/mol. The minimum Gasteiger partial charge on any atom is -0.481 e. The van der Waals surface area contributed by atoms with Crippen LogP contribution in [0.4, 0.5) is 0 Å². The van der Waals surface area contributed by atoms with E-state index in [2.05, 4.69) is 6.92 Å². The highest BCUT2D eigenvalue weighted by Gasteiger charge is 2.46. The summed E-state index contributed by atoms with van der Waals surface area (Å²) in [6.07, 6.45) is 2.45. The molecule has 1 N–H and O–H groups in total. The van der Waals surface area contributed by atoms with Crippen molar-refractivity contribution >= 4 is 23.6 Å². The first kappa shape index (κ1) is 12.7. The smallest absolute Gasteiger partial charge is 0.310 e. The number of hydrogen-bond donors (Lipinski definition) is 1. The first-order valence-electron chi connectivity index (χ1n) is 6.16. The number of hydrogen-bond acceptors (Lipinski definition) is 3. The van der Waals surface area contributed by atoms with E-state index in [9.17, 15) is 14.7 Å². The minimum absolute atomic E-state index is 0.0271. The van der Waals surface area contributed by atoms with E-state index < -0.39 is 11.4 Å². The molecule has 0 bridgehead atoms. The average molecular weight is 257 g/mol. The lowest BCUT2D eigenvalue weighted by Gasteiger charge is -2.39. The van der Waals surface area contributed by atoms with Crippen molar-refractivity contribution in [1.29, 1.82) is 0 Å². The number of nitrogens with zero attached hydrogens (tertiary/aromatic N) is 1. The lowest BCUT2D eigenvalue weighted by molar-refractivity contribution is -0.159. The maximum absolute atomic E-state index is 12.1. The lowest BCUT2D eigenvalue weighted by Crippen LogP contribution is -2.47. The second-order valence-electron chi connectivity index (χ2n) is 5.14. The van der Waals surface area contributed by atoms with Crippen molar-refractivity contribution in [3.8, 4) is 0 Å². The fourth-order valence-corrected chi connectivity index (χ4v) is 3.53. The predicted molar refractivity (Wildman–Crippen MR) is 67.0 cm³/mol. The molecule has 1 atom stereocenters. The summed E-state index contributed by atoms with van der Waals surface area (Å²) in [5.74, 6) is 0.197. The van der Waals surface area contributed by atoms with Gasteiger partial charge in [0.2, 0.25) is 5.91 Å². The number of amides is 1. The fourth-order valence-electron chi connectivity index (χ4n) is 2.52. The van der Waals surface area contributed by atoms with Gasteiger partial charge in [0.25, 0.3) is 0 Å². The standard InChI is InChI=1S/C12H19NO3S/c1-9-8-13(5-6-17-9)10(14)7-12(11(15)16)3-2-4-12/h9H,2-8H2,1H3,(H,15,16). The molecule has 1 amide bonds. The van der Waals surface area contributed by atoms with Gasteiger partial charge in [-0.15, -0.1) is 0 Å². The van der Waals surface area contributed by atoms with Crippen molar-refractivity contribution in [3.63, 3.8) is 0 Å². The van der Waals surface area contributed by atoms with E-state index in [1.54, 1.807) is 0 Å². The van der Waals surface area contributed by atoms with Crippen molar-refractivity contribution in [1.82, 2.24) is 4.90 Å². The molecular formula is C12H19NO3S. The van der Waals surface area contributed by atoms with Crippen LogP contribution in [0.15, 0.2) is 0 Å². The van der Waals surface area contributed by atoms with E-state index in [1.165, 1.54) is 0 Å². The van der Waals surface area contributed by atoms with Gasteiger partial charge in [-0.25, -0.2) is 0 Å². The van der Waals surface area contributed by atoms with Gasteiger partial charge in [0, 0.05) is 30.5 Å². The summed E-state index contributed by atoms with van der Waals surface area (Å²) in [5, 5.41) is 9.68. The Morgan fingerprint density at radius 1 is 1.47 bits per heavy atom. The zero-order valence-corrected chi connectivity index (χ0v) is 11.0. The molecule has 1 aliphatic carbocycles. The number of thioether (sulfide) groups is 1. The van der Waals surface area contributed by atoms with Crippen LogP contribution < -0.4 is 0 Å². The molecule has 0 spiro atoms. The van der Waals surface area contributed by atoms with E-state index in [1.807, 2.05) is 16.7 Å². The third-order valence-electron chi connectivity index (χ3n) is 3.85. The molecule has 0 aromatic heterocycles. The summed E-state index contributed by atoms with van der Waals surface area (Å²) in [5.41, 5.74) is -0.745. The molecule has 1 saturated heterocycles. The summed E-state index contributed by atoms with van der Waals surface area (Å²) in [7, 11) is 0. The molecule has 2 fully saturated rings.